The van der Waals surface area contributed by atoms with Crippen LogP contribution in [0.5, 0.6) is 0 Å². The van der Waals surface area contributed by atoms with Gasteiger partial charge in [0, 0.05) is 19.5 Å². The molecule has 9 nitrogen and oxygen atoms in total. The van der Waals surface area contributed by atoms with Crippen LogP contribution in [0.2, 0.25) is 0 Å². The SMILES string of the molecule is Cc1cccc(C(CC(=O)O)NC(=O)C2N(C(=O)CCC3CCCC3)CCCN2S(=O)(=O)Cc2ccccc2)c1. The molecule has 1 aliphatic carbocycles. The number of carbonyl (C=O) groups excluding carboxylic acids is 2. The second-order valence-electron chi connectivity index (χ2n) is 10.9. The Morgan fingerprint density at radius 1 is 1.00 bits per heavy atom. The molecule has 216 valence electrons. The summed E-state index contributed by atoms with van der Waals surface area (Å²) < 4.78 is 28.5. The molecule has 0 spiro atoms. The lowest BCUT2D eigenvalue weighted by atomic mass is 10.0. The van der Waals surface area contributed by atoms with Crippen molar-refractivity contribution in [2.24, 2.45) is 5.92 Å². The van der Waals surface area contributed by atoms with E-state index in [1.54, 1.807) is 48.5 Å². The average Bonchev–Trinajstić information content (AvgIpc) is 3.45. The van der Waals surface area contributed by atoms with Crippen LogP contribution in [-0.4, -0.2) is 59.8 Å². The Labute approximate surface area is 236 Å². The molecule has 0 bridgehead atoms. The molecule has 40 heavy (non-hydrogen) atoms. The molecule has 1 heterocycles. The number of nitrogens with one attached hydrogen (secondary N) is 1. The molecule has 2 unspecified atom stereocenters. The molecule has 10 heteroatoms. The largest absolute Gasteiger partial charge is 0.481 e. The van der Waals surface area contributed by atoms with Crippen LogP contribution in [0.1, 0.15) is 74.1 Å². The highest BCUT2D eigenvalue weighted by Gasteiger charge is 2.44. The van der Waals surface area contributed by atoms with Gasteiger partial charge in [0.05, 0.1) is 18.2 Å². The van der Waals surface area contributed by atoms with Gasteiger partial charge in [-0.25, -0.2) is 8.42 Å². The minimum absolute atomic E-state index is 0.0910. The van der Waals surface area contributed by atoms with E-state index in [9.17, 15) is 27.9 Å². The second-order valence-corrected chi connectivity index (χ2v) is 12.9. The first-order valence-corrected chi connectivity index (χ1v) is 15.7. The predicted octanol–water partition coefficient (Wildman–Crippen LogP) is 3.99. The summed E-state index contributed by atoms with van der Waals surface area (Å²) in [6.45, 7) is 2.22. The molecule has 2 aliphatic rings. The fraction of sp³-hybridized carbons (Fsp3) is 0.500. The Morgan fingerprint density at radius 2 is 1.73 bits per heavy atom. The first kappa shape index (κ1) is 29.7. The number of carboxylic acids is 1. The zero-order valence-electron chi connectivity index (χ0n) is 23.0. The van der Waals surface area contributed by atoms with Gasteiger partial charge in [-0.2, -0.15) is 4.31 Å². The molecule has 2 atom stereocenters. The summed E-state index contributed by atoms with van der Waals surface area (Å²) in [5, 5.41) is 12.4. The fourth-order valence-corrected chi connectivity index (χ4v) is 7.52. The van der Waals surface area contributed by atoms with Gasteiger partial charge in [0.2, 0.25) is 15.9 Å². The van der Waals surface area contributed by atoms with E-state index in [-0.39, 0.29) is 37.6 Å². The maximum absolute atomic E-state index is 13.9. The van der Waals surface area contributed by atoms with Crippen molar-refractivity contribution in [3.8, 4) is 0 Å². The van der Waals surface area contributed by atoms with Crippen molar-refractivity contribution in [1.82, 2.24) is 14.5 Å². The summed E-state index contributed by atoms with van der Waals surface area (Å²) >= 11 is 0. The van der Waals surface area contributed by atoms with Crippen molar-refractivity contribution in [3.63, 3.8) is 0 Å². The fourth-order valence-electron chi connectivity index (χ4n) is 5.82. The summed E-state index contributed by atoms with van der Waals surface area (Å²) in [7, 11) is -4.00. The smallest absolute Gasteiger partial charge is 0.305 e. The molecule has 2 aromatic rings. The Bertz CT molecular complexity index is 1290. The van der Waals surface area contributed by atoms with E-state index in [0.29, 0.717) is 29.9 Å². The van der Waals surface area contributed by atoms with Crippen molar-refractivity contribution in [1.29, 1.82) is 0 Å². The minimum Gasteiger partial charge on any atom is -0.481 e. The van der Waals surface area contributed by atoms with Crippen LogP contribution in [0, 0.1) is 12.8 Å². The zero-order chi connectivity index (χ0) is 28.7. The third kappa shape index (κ3) is 7.69. The summed E-state index contributed by atoms with van der Waals surface area (Å²) in [6, 6.07) is 15.0. The molecule has 0 aromatic heterocycles. The number of sulfonamides is 1. The van der Waals surface area contributed by atoms with E-state index < -0.39 is 34.1 Å². The summed E-state index contributed by atoms with van der Waals surface area (Å²) in [4.78, 5) is 40.5. The number of carboxylic acid groups (broad SMARTS) is 1. The third-order valence-corrected chi connectivity index (χ3v) is 9.63. The number of aliphatic carboxylic acids is 1. The number of nitrogens with zero attached hydrogens (tertiary/aromatic N) is 2. The number of carbonyl (C=O) groups is 3. The van der Waals surface area contributed by atoms with Crippen molar-refractivity contribution >= 4 is 27.8 Å². The maximum Gasteiger partial charge on any atom is 0.305 e. The van der Waals surface area contributed by atoms with Gasteiger partial charge in [-0.05, 0) is 36.8 Å². The Balaban J connectivity index is 1.63. The molecule has 2 fully saturated rings. The van der Waals surface area contributed by atoms with E-state index in [1.165, 1.54) is 4.90 Å². The lowest BCUT2D eigenvalue weighted by Crippen LogP contribution is -2.63. The first-order valence-electron chi connectivity index (χ1n) is 14.1. The second kappa shape index (κ2) is 13.4. The average molecular weight is 570 g/mol. The number of hydrogen-bond acceptors (Lipinski definition) is 5. The number of benzene rings is 2. The Morgan fingerprint density at radius 3 is 2.40 bits per heavy atom. The highest BCUT2D eigenvalue weighted by atomic mass is 32.2. The van der Waals surface area contributed by atoms with Gasteiger partial charge >= 0.3 is 5.97 Å². The van der Waals surface area contributed by atoms with Gasteiger partial charge in [-0.3, -0.25) is 14.4 Å². The molecular formula is C30H39N3O6S. The van der Waals surface area contributed by atoms with Crippen LogP contribution in [0.25, 0.3) is 0 Å². The van der Waals surface area contributed by atoms with E-state index in [1.807, 2.05) is 13.0 Å². The molecule has 0 radical (unpaired) electrons. The van der Waals surface area contributed by atoms with Crippen LogP contribution in [0.4, 0.5) is 0 Å². The zero-order valence-corrected chi connectivity index (χ0v) is 23.8. The van der Waals surface area contributed by atoms with Crippen LogP contribution < -0.4 is 5.32 Å². The molecule has 4 rings (SSSR count). The number of rotatable bonds is 11. The molecule has 1 saturated heterocycles. The van der Waals surface area contributed by atoms with Crippen LogP contribution in [-0.2, 0) is 30.2 Å². The topological polar surface area (TPSA) is 124 Å². The summed E-state index contributed by atoms with van der Waals surface area (Å²) in [5.41, 5.74) is 2.08. The quantitative estimate of drug-likeness (QED) is 0.422. The van der Waals surface area contributed by atoms with Gasteiger partial charge in [0.1, 0.15) is 0 Å². The third-order valence-electron chi connectivity index (χ3n) is 7.83. The van der Waals surface area contributed by atoms with Gasteiger partial charge in [-0.15, -0.1) is 0 Å². The monoisotopic (exact) mass is 569 g/mol. The standard InChI is InChI=1S/C30H39N3O6S/c1-22-9-7-14-25(19-22)26(20-28(35)36)31-29(37)30-32(27(34)16-15-23-10-5-6-11-23)17-8-18-33(30)40(38,39)21-24-12-3-2-4-13-24/h2-4,7,9,12-14,19,23,26,30H,5-6,8,10-11,15-18,20-21H2,1H3,(H,31,37)(H,35,36). The van der Waals surface area contributed by atoms with Crippen molar-refractivity contribution in [2.75, 3.05) is 13.1 Å². The number of amides is 2. The van der Waals surface area contributed by atoms with E-state index in [2.05, 4.69) is 5.32 Å². The number of hydrogen-bond donors (Lipinski definition) is 2. The van der Waals surface area contributed by atoms with Gasteiger partial charge in [0.25, 0.3) is 5.91 Å². The van der Waals surface area contributed by atoms with E-state index >= 15 is 0 Å². The van der Waals surface area contributed by atoms with Crippen LogP contribution >= 0.6 is 0 Å². The minimum atomic E-state index is -4.00. The van der Waals surface area contributed by atoms with E-state index in [4.69, 9.17) is 0 Å². The number of aryl methyl sites for hydroxylation is 1. The highest BCUT2D eigenvalue weighted by molar-refractivity contribution is 7.88. The Hall–Kier alpha value is -3.24. The molecule has 2 amide bonds. The molecule has 1 saturated carbocycles. The lowest BCUT2D eigenvalue weighted by molar-refractivity contribution is -0.148. The molecule has 1 aliphatic heterocycles. The summed E-state index contributed by atoms with van der Waals surface area (Å²) in [6.07, 6.45) is 4.08. The maximum atomic E-state index is 13.9. The lowest BCUT2D eigenvalue weighted by Gasteiger charge is -2.42. The predicted molar refractivity (Wildman–Crippen MR) is 151 cm³/mol. The van der Waals surface area contributed by atoms with Crippen LogP contribution in [0.3, 0.4) is 0 Å². The highest BCUT2D eigenvalue weighted by Crippen LogP contribution is 2.30. The van der Waals surface area contributed by atoms with Crippen molar-refractivity contribution in [2.45, 2.75) is 76.3 Å². The van der Waals surface area contributed by atoms with Gasteiger partial charge < -0.3 is 15.3 Å². The molecular weight excluding hydrogens is 530 g/mol. The Kier molecular flexibility index (Phi) is 9.97. The van der Waals surface area contributed by atoms with Crippen LogP contribution in [0.15, 0.2) is 54.6 Å². The van der Waals surface area contributed by atoms with E-state index in [0.717, 1.165) is 35.6 Å². The van der Waals surface area contributed by atoms with Gasteiger partial charge in [0.15, 0.2) is 6.17 Å². The first-order chi connectivity index (χ1) is 19.1. The van der Waals surface area contributed by atoms with Crippen molar-refractivity contribution < 1.29 is 27.9 Å². The van der Waals surface area contributed by atoms with Crippen molar-refractivity contribution in [3.05, 3.63) is 71.3 Å². The van der Waals surface area contributed by atoms with Gasteiger partial charge in [-0.1, -0.05) is 85.8 Å². The molecule has 2 N–H and O–H groups in total. The summed E-state index contributed by atoms with van der Waals surface area (Å²) in [5.74, 6) is -1.89. The normalized spacial score (nSPS) is 19.3. The molecule has 2 aromatic carbocycles.